The molecule has 0 saturated carbocycles. The third kappa shape index (κ3) is 6.14. The molecule has 172 valence electrons. The first-order chi connectivity index (χ1) is 15.6. The highest BCUT2D eigenvalue weighted by Gasteiger charge is 2.32. The minimum Gasteiger partial charge on any atom is -0.508 e. The van der Waals surface area contributed by atoms with E-state index in [0.29, 0.717) is 34.9 Å². The summed E-state index contributed by atoms with van der Waals surface area (Å²) in [5, 5.41) is 10.2. The van der Waals surface area contributed by atoms with E-state index in [1.165, 1.54) is 0 Å². The number of aryl methyl sites for hydroxylation is 1. The predicted octanol–water partition coefficient (Wildman–Crippen LogP) is 5.44. The van der Waals surface area contributed by atoms with E-state index in [9.17, 15) is 14.7 Å². The Balaban J connectivity index is 1.61. The normalized spacial score (nSPS) is 11.2. The van der Waals surface area contributed by atoms with Gasteiger partial charge in [0.1, 0.15) is 11.5 Å². The quantitative estimate of drug-likeness (QED) is 0.449. The third-order valence-corrected chi connectivity index (χ3v) is 5.71. The van der Waals surface area contributed by atoms with Crippen LogP contribution in [-0.2, 0) is 11.2 Å². The van der Waals surface area contributed by atoms with Crippen LogP contribution in [-0.4, -0.2) is 40.9 Å². The van der Waals surface area contributed by atoms with Crippen LogP contribution in [0.3, 0.4) is 0 Å². The van der Waals surface area contributed by atoms with Crippen LogP contribution in [0.1, 0.15) is 40.9 Å². The van der Waals surface area contributed by atoms with Crippen LogP contribution in [0.25, 0.3) is 0 Å². The van der Waals surface area contributed by atoms with E-state index in [1.54, 1.807) is 80.4 Å². The maximum absolute atomic E-state index is 13.0. The van der Waals surface area contributed by atoms with Gasteiger partial charge in [-0.1, -0.05) is 23.7 Å². The smallest absolute Gasteiger partial charge is 0.265 e. The Hall–Kier alpha value is -3.31. The molecule has 0 fully saturated rings. The van der Waals surface area contributed by atoms with E-state index in [2.05, 4.69) is 0 Å². The van der Waals surface area contributed by atoms with Gasteiger partial charge in [-0.15, -0.1) is 0 Å². The fraction of sp³-hybridized carbons (Fsp3) is 0.259. The molecule has 0 radical (unpaired) electrons. The molecule has 0 spiro atoms. The van der Waals surface area contributed by atoms with Crippen molar-refractivity contribution < 1.29 is 19.4 Å². The topological polar surface area (TPSA) is 66.8 Å². The molecule has 0 heterocycles. The highest BCUT2D eigenvalue weighted by atomic mass is 35.5. The van der Waals surface area contributed by atoms with Gasteiger partial charge >= 0.3 is 0 Å². The monoisotopic (exact) mass is 465 g/mol. The predicted molar refractivity (Wildman–Crippen MR) is 130 cm³/mol. The highest BCUT2D eigenvalue weighted by molar-refractivity contribution is 6.30. The lowest BCUT2D eigenvalue weighted by atomic mass is 10.0. The van der Waals surface area contributed by atoms with E-state index in [4.69, 9.17) is 16.3 Å². The summed E-state index contributed by atoms with van der Waals surface area (Å²) in [6.07, 6.45) is 0.668. The molecule has 33 heavy (non-hydrogen) atoms. The van der Waals surface area contributed by atoms with Gasteiger partial charge < -0.3 is 14.7 Å². The number of amides is 1. The molecule has 0 aromatic heterocycles. The first-order valence-corrected chi connectivity index (χ1v) is 11.1. The van der Waals surface area contributed by atoms with Crippen molar-refractivity contribution >= 4 is 23.3 Å². The largest absolute Gasteiger partial charge is 0.508 e. The summed E-state index contributed by atoms with van der Waals surface area (Å²) in [5.41, 5.74) is 1.85. The molecule has 0 aliphatic heterocycles. The number of hydrogen-bond acceptors (Lipinski definition) is 4. The highest BCUT2D eigenvalue weighted by Crippen LogP contribution is 2.23. The van der Waals surface area contributed by atoms with Crippen molar-refractivity contribution in [2.24, 2.45) is 0 Å². The van der Waals surface area contributed by atoms with E-state index < -0.39 is 5.60 Å². The maximum Gasteiger partial charge on any atom is 0.265 e. The van der Waals surface area contributed by atoms with Crippen LogP contribution in [0, 0.1) is 6.92 Å². The minimum absolute atomic E-state index is 0.113. The molecule has 0 aliphatic rings. The SMILES string of the molecule is Cc1cc(CCN(C)C(=O)C(C)(C)Oc2ccc(C(=O)c3ccc(Cl)cc3)cc2)ccc1O. The fourth-order valence-corrected chi connectivity index (χ4v) is 3.64. The number of phenols is 1. The zero-order chi connectivity index (χ0) is 24.2. The number of rotatable bonds is 8. The van der Waals surface area contributed by atoms with Gasteiger partial charge in [0.2, 0.25) is 0 Å². The van der Waals surface area contributed by atoms with Gasteiger partial charge in [-0.2, -0.15) is 0 Å². The molecule has 0 aliphatic carbocycles. The molecule has 3 aromatic rings. The van der Waals surface area contributed by atoms with Gasteiger partial charge in [0.15, 0.2) is 11.4 Å². The molecule has 0 atom stereocenters. The lowest BCUT2D eigenvalue weighted by molar-refractivity contribution is -0.144. The van der Waals surface area contributed by atoms with E-state index >= 15 is 0 Å². The van der Waals surface area contributed by atoms with Crippen molar-refractivity contribution in [3.8, 4) is 11.5 Å². The Morgan fingerprint density at radius 1 is 0.970 bits per heavy atom. The van der Waals surface area contributed by atoms with Crippen LogP contribution in [0.4, 0.5) is 0 Å². The summed E-state index contributed by atoms with van der Waals surface area (Å²) >= 11 is 5.89. The Labute approximate surface area is 199 Å². The summed E-state index contributed by atoms with van der Waals surface area (Å²) in [5.74, 6) is 0.499. The average Bonchev–Trinajstić information content (AvgIpc) is 2.79. The zero-order valence-electron chi connectivity index (χ0n) is 19.3. The summed E-state index contributed by atoms with van der Waals surface area (Å²) in [6, 6.07) is 18.9. The molecular formula is C27H28ClNO4. The second-order valence-corrected chi connectivity index (χ2v) is 9.01. The molecule has 3 aromatic carbocycles. The van der Waals surface area contributed by atoms with E-state index in [-0.39, 0.29) is 17.4 Å². The van der Waals surface area contributed by atoms with E-state index in [0.717, 1.165) is 11.1 Å². The molecule has 1 amide bonds. The minimum atomic E-state index is -1.08. The van der Waals surface area contributed by atoms with Crippen LogP contribution in [0.5, 0.6) is 11.5 Å². The third-order valence-electron chi connectivity index (χ3n) is 5.45. The van der Waals surface area contributed by atoms with Gasteiger partial charge in [0.05, 0.1) is 0 Å². The van der Waals surface area contributed by atoms with Crippen molar-refractivity contribution in [2.75, 3.05) is 13.6 Å². The number of hydrogen-bond donors (Lipinski definition) is 1. The first kappa shape index (κ1) is 24.3. The second-order valence-electron chi connectivity index (χ2n) is 8.57. The van der Waals surface area contributed by atoms with Gasteiger partial charge in [0.25, 0.3) is 5.91 Å². The Kier molecular flexibility index (Phi) is 7.44. The number of benzene rings is 3. The number of nitrogens with zero attached hydrogens (tertiary/aromatic N) is 1. The lowest BCUT2D eigenvalue weighted by Crippen LogP contribution is -2.47. The number of carbonyl (C=O) groups is 2. The summed E-state index contributed by atoms with van der Waals surface area (Å²) < 4.78 is 5.97. The molecule has 0 bridgehead atoms. The molecular weight excluding hydrogens is 438 g/mol. The van der Waals surface area contributed by atoms with Crippen molar-refractivity contribution in [2.45, 2.75) is 32.8 Å². The molecule has 6 heteroatoms. The first-order valence-electron chi connectivity index (χ1n) is 10.7. The van der Waals surface area contributed by atoms with Gasteiger partial charge in [-0.3, -0.25) is 9.59 Å². The molecule has 5 nitrogen and oxygen atoms in total. The number of likely N-dealkylation sites (N-methyl/N-ethyl adjacent to an activating group) is 1. The zero-order valence-corrected chi connectivity index (χ0v) is 20.0. The van der Waals surface area contributed by atoms with E-state index in [1.807, 2.05) is 19.1 Å². The number of halogens is 1. The van der Waals surface area contributed by atoms with Gasteiger partial charge in [-0.25, -0.2) is 0 Å². The maximum atomic E-state index is 13.0. The van der Waals surface area contributed by atoms with Gasteiger partial charge in [-0.05, 0) is 92.9 Å². The number of ketones is 1. The Morgan fingerprint density at radius 3 is 2.12 bits per heavy atom. The number of carbonyl (C=O) groups excluding carboxylic acids is 2. The standard InChI is InChI=1S/C27H28ClNO4/c1-18-17-19(5-14-24(18)30)15-16-29(4)26(32)27(2,3)33-23-12-8-21(9-13-23)25(31)20-6-10-22(28)11-7-20/h5-14,17,30H,15-16H2,1-4H3. The second kappa shape index (κ2) is 10.1. The summed E-state index contributed by atoms with van der Waals surface area (Å²) in [4.78, 5) is 27.3. The van der Waals surface area contributed by atoms with Crippen LogP contribution >= 0.6 is 11.6 Å². The molecule has 0 unspecified atom stereocenters. The van der Waals surface area contributed by atoms with Crippen molar-refractivity contribution in [1.29, 1.82) is 0 Å². The number of ether oxygens (including phenoxy) is 1. The Morgan fingerprint density at radius 2 is 1.55 bits per heavy atom. The number of phenolic OH excluding ortho intramolecular Hbond substituents is 1. The average molecular weight is 466 g/mol. The molecule has 3 rings (SSSR count). The van der Waals surface area contributed by atoms with Crippen molar-refractivity contribution in [3.63, 3.8) is 0 Å². The van der Waals surface area contributed by atoms with Crippen LogP contribution in [0.2, 0.25) is 5.02 Å². The fourth-order valence-electron chi connectivity index (χ4n) is 3.51. The van der Waals surface area contributed by atoms with Crippen molar-refractivity contribution in [1.82, 2.24) is 4.90 Å². The molecule has 0 saturated heterocycles. The van der Waals surface area contributed by atoms with Crippen LogP contribution in [0.15, 0.2) is 66.7 Å². The summed E-state index contributed by atoms with van der Waals surface area (Å²) in [6.45, 7) is 5.82. The summed E-state index contributed by atoms with van der Waals surface area (Å²) in [7, 11) is 1.74. The van der Waals surface area contributed by atoms with Gasteiger partial charge in [0, 0.05) is 29.7 Å². The Bertz CT molecular complexity index is 1140. The van der Waals surface area contributed by atoms with Crippen molar-refractivity contribution in [3.05, 3.63) is 94.0 Å². The molecule has 1 N–H and O–H groups in total. The number of aromatic hydroxyl groups is 1. The lowest BCUT2D eigenvalue weighted by Gasteiger charge is -2.30. The van der Waals surface area contributed by atoms with Crippen LogP contribution < -0.4 is 4.74 Å².